The van der Waals surface area contributed by atoms with Gasteiger partial charge in [-0.15, -0.1) is 0 Å². The van der Waals surface area contributed by atoms with Crippen LogP contribution in [0.3, 0.4) is 0 Å². The van der Waals surface area contributed by atoms with Crippen LogP contribution in [-0.2, 0) is 9.59 Å². The molecule has 90 valence electrons. The molecule has 2 rings (SSSR count). The fraction of sp³-hybridized carbons (Fsp3) is 0.818. The van der Waals surface area contributed by atoms with Gasteiger partial charge in [0.15, 0.2) is 0 Å². The molecule has 0 saturated carbocycles. The Hall–Kier alpha value is -1.10. The first kappa shape index (κ1) is 11.4. The van der Waals surface area contributed by atoms with Crippen LogP contribution in [0.5, 0.6) is 0 Å². The number of nitrogens with two attached hydrogens (primary N) is 1. The van der Waals surface area contributed by atoms with Gasteiger partial charge in [-0.3, -0.25) is 9.59 Å². The first-order valence-corrected chi connectivity index (χ1v) is 6.00. The summed E-state index contributed by atoms with van der Waals surface area (Å²) in [5.41, 5.74) is 5.26. The molecule has 1 atom stereocenters. The molecule has 2 amide bonds. The van der Waals surface area contributed by atoms with Crippen molar-refractivity contribution in [2.24, 2.45) is 11.7 Å². The Kier molecular flexibility index (Phi) is 3.43. The van der Waals surface area contributed by atoms with E-state index in [4.69, 9.17) is 5.73 Å². The minimum absolute atomic E-state index is 0.00475. The molecule has 16 heavy (non-hydrogen) atoms. The predicted molar refractivity (Wildman–Crippen MR) is 59.5 cm³/mol. The Morgan fingerprint density at radius 3 is 2.38 bits per heavy atom. The number of carbonyl (C=O) groups is 2. The monoisotopic (exact) mass is 225 g/mol. The average molecular weight is 225 g/mol. The van der Waals surface area contributed by atoms with Crippen LogP contribution >= 0.6 is 0 Å². The second-order valence-corrected chi connectivity index (χ2v) is 4.65. The van der Waals surface area contributed by atoms with Gasteiger partial charge in [0, 0.05) is 19.0 Å². The molecular weight excluding hydrogens is 206 g/mol. The van der Waals surface area contributed by atoms with Gasteiger partial charge in [0.25, 0.3) is 0 Å². The van der Waals surface area contributed by atoms with Gasteiger partial charge in [-0.05, 0) is 32.2 Å². The highest BCUT2D eigenvalue weighted by atomic mass is 16.2. The molecule has 0 aliphatic carbocycles. The van der Waals surface area contributed by atoms with Gasteiger partial charge in [0.2, 0.25) is 11.8 Å². The molecule has 1 unspecified atom stereocenters. The van der Waals surface area contributed by atoms with Gasteiger partial charge >= 0.3 is 0 Å². The van der Waals surface area contributed by atoms with Crippen LogP contribution < -0.4 is 11.1 Å². The van der Waals surface area contributed by atoms with E-state index in [1.54, 1.807) is 0 Å². The average Bonchev–Trinajstić information content (AvgIpc) is 2.81. The Labute approximate surface area is 95.3 Å². The van der Waals surface area contributed by atoms with Gasteiger partial charge in [-0.25, -0.2) is 0 Å². The highest BCUT2D eigenvalue weighted by Gasteiger charge is 2.30. The SMILES string of the molecule is NC(=O)C1CCN(C(=O)C2CCCN2)CC1. The highest BCUT2D eigenvalue weighted by molar-refractivity contribution is 5.83. The number of likely N-dealkylation sites (tertiary alicyclic amines) is 1. The molecule has 2 aliphatic rings. The van der Waals surface area contributed by atoms with Gasteiger partial charge in [-0.2, -0.15) is 0 Å². The smallest absolute Gasteiger partial charge is 0.239 e. The number of nitrogens with zero attached hydrogens (tertiary/aromatic N) is 1. The van der Waals surface area contributed by atoms with Crippen molar-refractivity contribution in [3.63, 3.8) is 0 Å². The lowest BCUT2D eigenvalue weighted by Crippen LogP contribution is -2.48. The zero-order valence-electron chi connectivity index (χ0n) is 9.45. The van der Waals surface area contributed by atoms with Crippen molar-refractivity contribution in [1.29, 1.82) is 0 Å². The maximum Gasteiger partial charge on any atom is 0.239 e. The lowest BCUT2D eigenvalue weighted by atomic mass is 9.96. The van der Waals surface area contributed by atoms with E-state index < -0.39 is 0 Å². The quantitative estimate of drug-likeness (QED) is 0.663. The van der Waals surface area contributed by atoms with E-state index in [1.807, 2.05) is 4.90 Å². The largest absolute Gasteiger partial charge is 0.369 e. The van der Waals surface area contributed by atoms with Crippen LogP contribution in [0, 0.1) is 5.92 Å². The molecule has 0 spiro atoms. The third-order valence-electron chi connectivity index (χ3n) is 3.57. The van der Waals surface area contributed by atoms with Gasteiger partial charge in [0.1, 0.15) is 0 Å². The zero-order chi connectivity index (χ0) is 11.5. The van der Waals surface area contributed by atoms with Crippen LogP contribution in [0.25, 0.3) is 0 Å². The molecule has 5 nitrogen and oxygen atoms in total. The van der Waals surface area contributed by atoms with Crippen LogP contribution in [0.1, 0.15) is 25.7 Å². The maximum absolute atomic E-state index is 12.0. The van der Waals surface area contributed by atoms with E-state index in [1.165, 1.54) is 0 Å². The van der Waals surface area contributed by atoms with Crippen LogP contribution in [0.15, 0.2) is 0 Å². The van der Waals surface area contributed by atoms with Crippen LogP contribution in [0.2, 0.25) is 0 Å². The lowest BCUT2D eigenvalue weighted by Gasteiger charge is -2.32. The molecule has 0 aromatic heterocycles. The summed E-state index contributed by atoms with van der Waals surface area (Å²) < 4.78 is 0. The molecule has 2 aliphatic heterocycles. The Morgan fingerprint density at radius 1 is 1.19 bits per heavy atom. The molecular formula is C11H19N3O2. The normalized spacial score (nSPS) is 27.0. The van der Waals surface area contributed by atoms with Crippen LogP contribution in [-0.4, -0.2) is 42.4 Å². The first-order valence-electron chi connectivity index (χ1n) is 6.00. The molecule has 2 heterocycles. The van der Waals surface area contributed by atoms with E-state index in [-0.39, 0.29) is 23.8 Å². The summed E-state index contributed by atoms with van der Waals surface area (Å²) in [6.45, 7) is 2.28. The molecule has 0 bridgehead atoms. The number of rotatable bonds is 2. The van der Waals surface area contributed by atoms with Crippen molar-refractivity contribution >= 4 is 11.8 Å². The molecule has 2 saturated heterocycles. The predicted octanol–water partition coefficient (Wildman–Crippen LogP) is -0.538. The number of primary amides is 1. The highest BCUT2D eigenvalue weighted by Crippen LogP contribution is 2.18. The lowest BCUT2D eigenvalue weighted by molar-refractivity contribution is -0.136. The molecule has 0 aromatic rings. The third kappa shape index (κ3) is 2.35. The number of piperidine rings is 1. The topological polar surface area (TPSA) is 75.4 Å². The van der Waals surface area contributed by atoms with Crippen molar-refractivity contribution in [2.45, 2.75) is 31.7 Å². The Bertz CT molecular complexity index is 279. The molecule has 0 radical (unpaired) electrons. The number of nitrogens with one attached hydrogen (secondary N) is 1. The minimum Gasteiger partial charge on any atom is -0.369 e. The summed E-state index contributed by atoms with van der Waals surface area (Å²) in [5.74, 6) is -0.0768. The van der Waals surface area contributed by atoms with Gasteiger partial charge in [-0.1, -0.05) is 0 Å². The third-order valence-corrected chi connectivity index (χ3v) is 3.57. The molecule has 2 fully saturated rings. The summed E-state index contributed by atoms with van der Waals surface area (Å²) in [7, 11) is 0. The minimum atomic E-state index is -0.230. The summed E-state index contributed by atoms with van der Waals surface area (Å²) in [4.78, 5) is 24.9. The maximum atomic E-state index is 12.0. The van der Waals surface area contributed by atoms with Gasteiger partial charge in [0.05, 0.1) is 6.04 Å². The standard InChI is InChI=1S/C11H19N3O2/c12-10(15)8-3-6-14(7-4-8)11(16)9-2-1-5-13-9/h8-9,13H,1-7H2,(H2,12,15). The van der Waals surface area contributed by atoms with Crippen molar-refractivity contribution in [2.75, 3.05) is 19.6 Å². The molecule has 0 aromatic carbocycles. The Balaban J connectivity index is 1.84. The van der Waals surface area contributed by atoms with E-state index in [0.29, 0.717) is 25.9 Å². The van der Waals surface area contributed by atoms with E-state index in [0.717, 1.165) is 19.4 Å². The van der Waals surface area contributed by atoms with Crippen molar-refractivity contribution in [1.82, 2.24) is 10.2 Å². The fourth-order valence-corrected chi connectivity index (χ4v) is 2.50. The van der Waals surface area contributed by atoms with Crippen molar-refractivity contribution in [3.05, 3.63) is 0 Å². The second kappa shape index (κ2) is 4.82. The summed E-state index contributed by atoms with van der Waals surface area (Å²) in [5, 5.41) is 3.20. The van der Waals surface area contributed by atoms with E-state index in [9.17, 15) is 9.59 Å². The van der Waals surface area contributed by atoms with E-state index in [2.05, 4.69) is 5.32 Å². The van der Waals surface area contributed by atoms with Gasteiger partial charge < -0.3 is 16.0 Å². The van der Waals surface area contributed by atoms with Crippen LogP contribution in [0.4, 0.5) is 0 Å². The number of amides is 2. The number of carbonyl (C=O) groups excluding carboxylic acids is 2. The summed E-state index contributed by atoms with van der Waals surface area (Å²) in [6, 6.07) is 0.00475. The zero-order valence-corrected chi connectivity index (χ0v) is 9.45. The second-order valence-electron chi connectivity index (χ2n) is 4.65. The number of hydrogen-bond acceptors (Lipinski definition) is 3. The van der Waals surface area contributed by atoms with E-state index >= 15 is 0 Å². The van der Waals surface area contributed by atoms with Crippen molar-refractivity contribution < 1.29 is 9.59 Å². The number of hydrogen-bond donors (Lipinski definition) is 2. The van der Waals surface area contributed by atoms with Crippen molar-refractivity contribution in [3.8, 4) is 0 Å². The molecule has 5 heteroatoms. The summed E-state index contributed by atoms with van der Waals surface area (Å²) in [6.07, 6.45) is 3.45. The first-order chi connectivity index (χ1) is 7.68. The Morgan fingerprint density at radius 2 is 1.88 bits per heavy atom. The molecule has 3 N–H and O–H groups in total. The summed E-state index contributed by atoms with van der Waals surface area (Å²) >= 11 is 0. The fourth-order valence-electron chi connectivity index (χ4n) is 2.50.